The van der Waals surface area contributed by atoms with Gasteiger partial charge in [0.15, 0.2) is 0 Å². The van der Waals surface area contributed by atoms with Crippen LogP contribution in [0, 0.1) is 0 Å². The molecule has 1 fully saturated rings. The lowest BCUT2D eigenvalue weighted by atomic mass is 9.96. The van der Waals surface area contributed by atoms with Crippen molar-refractivity contribution in [2.24, 2.45) is 0 Å². The maximum atomic E-state index is 11.1. The van der Waals surface area contributed by atoms with Crippen molar-refractivity contribution >= 4 is 23.3 Å². The quantitative estimate of drug-likeness (QED) is 0.387. The zero-order valence-corrected chi connectivity index (χ0v) is 9.30. The van der Waals surface area contributed by atoms with Gasteiger partial charge in [-0.3, -0.25) is 4.79 Å². The molecule has 0 N–H and O–H groups in total. The predicted octanol–water partition coefficient (Wildman–Crippen LogP) is 0.398. The number of carbonyl (C=O) groups is 1. The van der Waals surface area contributed by atoms with Gasteiger partial charge in [-0.05, 0) is 0 Å². The molecule has 2 radical (unpaired) electrons. The maximum absolute atomic E-state index is 11.1. The normalized spacial score (nSPS) is 31.7. The van der Waals surface area contributed by atoms with E-state index in [1.165, 1.54) is 0 Å². The van der Waals surface area contributed by atoms with Crippen LogP contribution in [0.2, 0.25) is 0 Å². The van der Waals surface area contributed by atoms with E-state index in [0.29, 0.717) is 19.4 Å². The highest BCUT2D eigenvalue weighted by Crippen LogP contribution is 2.22. The van der Waals surface area contributed by atoms with Crippen molar-refractivity contribution in [3.8, 4) is 0 Å². The molecule has 0 aliphatic carbocycles. The molecule has 0 amide bonds. The van der Waals surface area contributed by atoms with Crippen LogP contribution in [-0.2, 0) is 18.8 Å². The molecule has 1 aliphatic heterocycles. The Hall–Kier alpha value is -0.115. The van der Waals surface area contributed by atoms with E-state index >= 15 is 0 Å². The molecule has 14 heavy (non-hydrogen) atoms. The van der Waals surface area contributed by atoms with Crippen LogP contribution in [0.3, 0.4) is 0 Å². The van der Waals surface area contributed by atoms with E-state index < -0.39 is 0 Å². The minimum atomic E-state index is -0.366. The second-order valence-electron chi connectivity index (χ2n) is 3.16. The Morgan fingerprint density at radius 1 is 1.71 bits per heavy atom. The van der Waals surface area contributed by atoms with Crippen molar-refractivity contribution in [3.05, 3.63) is 0 Å². The molecule has 0 aromatic carbocycles. The number of hydrogen-bond donors (Lipinski definition) is 0. The van der Waals surface area contributed by atoms with E-state index in [9.17, 15) is 4.79 Å². The average molecular weight is 216 g/mol. The number of carbonyl (C=O) groups excluding carboxylic acids is 1. The minimum Gasteiger partial charge on any atom is -0.459 e. The van der Waals surface area contributed by atoms with Gasteiger partial charge >= 0.3 is 5.97 Å². The van der Waals surface area contributed by atoms with Crippen LogP contribution in [0.25, 0.3) is 0 Å². The molecule has 4 nitrogen and oxygen atoms in total. The third-order valence-corrected chi connectivity index (χ3v) is 2.25. The molecule has 1 heterocycles. The summed E-state index contributed by atoms with van der Waals surface area (Å²) in [4.78, 5) is 11.1. The fraction of sp³-hybridized carbons (Fsp3) is 0.875. The van der Waals surface area contributed by atoms with Gasteiger partial charge in [-0.2, -0.15) is 0 Å². The van der Waals surface area contributed by atoms with E-state index in [0.717, 1.165) is 0 Å². The minimum absolute atomic E-state index is 0.235. The van der Waals surface area contributed by atoms with Gasteiger partial charge in [0.1, 0.15) is 20.1 Å². The molecular weight excluding hydrogens is 202 g/mol. The molecule has 1 aliphatic rings. The third kappa shape index (κ3) is 3.23. The topological polar surface area (TPSA) is 44.8 Å². The van der Waals surface area contributed by atoms with Crippen LogP contribution < -0.4 is 0 Å². The van der Waals surface area contributed by atoms with Crippen molar-refractivity contribution in [2.45, 2.75) is 38.0 Å². The summed E-state index contributed by atoms with van der Waals surface area (Å²) in [6, 6.07) is -0.366. The first kappa shape index (κ1) is 12.0. The first-order chi connectivity index (χ1) is 6.67. The van der Waals surface area contributed by atoms with Crippen molar-refractivity contribution in [1.82, 2.24) is 0 Å². The van der Waals surface area contributed by atoms with Crippen molar-refractivity contribution in [1.29, 1.82) is 0 Å². The molecule has 0 saturated carbocycles. The fourth-order valence-electron chi connectivity index (χ4n) is 1.37. The lowest BCUT2D eigenvalue weighted by Gasteiger charge is -2.17. The SMILES string of the molecule is [B][C@@H]1CC(OC(=O)CC)[C@H](COP)O1. The second kappa shape index (κ2) is 5.69. The number of rotatable bonds is 4. The summed E-state index contributed by atoms with van der Waals surface area (Å²) in [6.07, 6.45) is 0.362. The molecule has 2 unspecified atom stereocenters. The maximum Gasteiger partial charge on any atom is 0.305 e. The van der Waals surface area contributed by atoms with Gasteiger partial charge < -0.3 is 14.0 Å². The van der Waals surface area contributed by atoms with Crippen LogP contribution in [0.5, 0.6) is 0 Å². The van der Waals surface area contributed by atoms with E-state index in [2.05, 4.69) is 9.47 Å². The van der Waals surface area contributed by atoms with Gasteiger partial charge in [-0.25, -0.2) is 0 Å². The summed E-state index contributed by atoms with van der Waals surface area (Å²) in [5, 5.41) is 0. The van der Waals surface area contributed by atoms with E-state index in [4.69, 9.17) is 21.8 Å². The first-order valence-corrected chi connectivity index (χ1v) is 5.06. The predicted molar refractivity (Wildman–Crippen MR) is 54.9 cm³/mol. The Morgan fingerprint density at radius 3 is 3.00 bits per heavy atom. The van der Waals surface area contributed by atoms with E-state index in [-0.39, 0.29) is 24.2 Å². The number of hydrogen-bond acceptors (Lipinski definition) is 4. The average Bonchev–Trinajstić information content (AvgIpc) is 2.47. The summed E-state index contributed by atoms with van der Waals surface area (Å²) in [5.74, 6) is -0.235. The molecule has 1 rings (SSSR count). The molecule has 0 aromatic rings. The number of ether oxygens (including phenoxy) is 2. The van der Waals surface area contributed by atoms with Gasteiger partial charge in [0.25, 0.3) is 0 Å². The zero-order valence-electron chi connectivity index (χ0n) is 8.14. The number of esters is 1. The van der Waals surface area contributed by atoms with Crippen molar-refractivity contribution in [3.63, 3.8) is 0 Å². The molecule has 78 valence electrons. The smallest absolute Gasteiger partial charge is 0.305 e. The van der Waals surface area contributed by atoms with Crippen molar-refractivity contribution < 1.29 is 18.8 Å². The van der Waals surface area contributed by atoms with E-state index in [1.807, 2.05) is 0 Å². The van der Waals surface area contributed by atoms with Gasteiger partial charge in [0.2, 0.25) is 0 Å². The molecular formula is C8H14BO4P. The monoisotopic (exact) mass is 216 g/mol. The highest BCUT2D eigenvalue weighted by atomic mass is 31.0. The Balaban J connectivity index is 2.44. The molecule has 4 atom stereocenters. The fourth-order valence-corrected chi connectivity index (χ4v) is 1.56. The summed E-state index contributed by atoms with van der Waals surface area (Å²) in [5.41, 5.74) is 0. The molecule has 0 bridgehead atoms. The first-order valence-electron chi connectivity index (χ1n) is 4.59. The lowest BCUT2D eigenvalue weighted by molar-refractivity contribution is -0.152. The van der Waals surface area contributed by atoms with Crippen LogP contribution in [0.1, 0.15) is 19.8 Å². The summed E-state index contributed by atoms with van der Waals surface area (Å²) in [7, 11) is 7.72. The molecule has 6 heteroatoms. The molecule has 1 saturated heterocycles. The summed E-state index contributed by atoms with van der Waals surface area (Å²) in [6.45, 7) is 2.11. The highest BCUT2D eigenvalue weighted by molar-refractivity contribution is 7.09. The Bertz CT molecular complexity index is 202. The largest absolute Gasteiger partial charge is 0.459 e. The van der Waals surface area contributed by atoms with Gasteiger partial charge in [0.05, 0.1) is 6.61 Å². The van der Waals surface area contributed by atoms with Gasteiger partial charge in [-0.15, -0.1) is 0 Å². The standard InChI is InChI=1S/C8H14BO4P/c1-2-8(10)13-5-3-7(9)12-6(5)4-11-14/h5-7H,2-4,14H2,1H3/t5?,6-,7-/m0/s1. The lowest BCUT2D eigenvalue weighted by Crippen LogP contribution is -2.30. The molecule has 0 spiro atoms. The van der Waals surface area contributed by atoms with Gasteiger partial charge in [0, 0.05) is 28.3 Å². The second-order valence-corrected chi connectivity index (χ2v) is 3.50. The van der Waals surface area contributed by atoms with Crippen LogP contribution >= 0.6 is 9.47 Å². The van der Waals surface area contributed by atoms with Crippen LogP contribution in [0.15, 0.2) is 0 Å². The van der Waals surface area contributed by atoms with Crippen molar-refractivity contribution in [2.75, 3.05) is 6.61 Å². The Labute approximate surface area is 87.4 Å². The third-order valence-electron chi connectivity index (χ3n) is 2.06. The summed E-state index contributed by atoms with van der Waals surface area (Å²) < 4.78 is 15.3. The van der Waals surface area contributed by atoms with Crippen LogP contribution in [0.4, 0.5) is 0 Å². The van der Waals surface area contributed by atoms with E-state index in [1.54, 1.807) is 6.92 Å². The molecule has 0 aromatic heterocycles. The van der Waals surface area contributed by atoms with Gasteiger partial charge in [-0.1, -0.05) is 6.92 Å². The Kier molecular flexibility index (Phi) is 4.86. The highest BCUT2D eigenvalue weighted by Gasteiger charge is 2.35. The Morgan fingerprint density at radius 2 is 2.43 bits per heavy atom. The summed E-state index contributed by atoms with van der Waals surface area (Å²) >= 11 is 0. The van der Waals surface area contributed by atoms with Crippen LogP contribution in [-0.4, -0.2) is 38.6 Å². The zero-order chi connectivity index (χ0) is 10.6.